The Balaban J connectivity index is 2.02. The largest absolute Gasteiger partial charge is 0.398 e. The van der Waals surface area contributed by atoms with E-state index in [9.17, 15) is 0 Å². The number of benzene rings is 1. The SMILES string of the molecule is Cn1cc(NCc2ccc(Cl)c(N)c2)cn1. The van der Waals surface area contributed by atoms with Gasteiger partial charge in [-0.3, -0.25) is 4.68 Å². The number of halogens is 1. The molecule has 0 fully saturated rings. The summed E-state index contributed by atoms with van der Waals surface area (Å²) in [5, 5.41) is 7.90. The maximum absolute atomic E-state index is 5.84. The zero-order valence-electron chi connectivity index (χ0n) is 8.94. The van der Waals surface area contributed by atoms with Crippen molar-refractivity contribution in [2.45, 2.75) is 6.54 Å². The minimum Gasteiger partial charge on any atom is -0.398 e. The van der Waals surface area contributed by atoms with E-state index < -0.39 is 0 Å². The van der Waals surface area contributed by atoms with Crippen LogP contribution in [0.2, 0.25) is 5.02 Å². The quantitative estimate of drug-likeness (QED) is 0.804. The molecule has 2 aromatic rings. The molecule has 0 aliphatic rings. The van der Waals surface area contributed by atoms with Gasteiger partial charge < -0.3 is 11.1 Å². The van der Waals surface area contributed by atoms with Gasteiger partial charge in [0.1, 0.15) is 0 Å². The third kappa shape index (κ3) is 2.46. The Morgan fingerprint density at radius 2 is 2.31 bits per heavy atom. The molecule has 0 aliphatic heterocycles. The van der Waals surface area contributed by atoms with E-state index in [1.54, 1.807) is 16.9 Å². The molecule has 0 atom stereocenters. The molecule has 4 nitrogen and oxygen atoms in total. The van der Waals surface area contributed by atoms with Crippen molar-refractivity contribution in [3.63, 3.8) is 0 Å². The highest BCUT2D eigenvalue weighted by Gasteiger charge is 1.99. The number of nitrogens with two attached hydrogens (primary N) is 1. The van der Waals surface area contributed by atoms with E-state index in [1.807, 2.05) is 25.4 Å². The van der Waals surface area contributed by atoms with Crippen molar-refractivity contribution in [1.82, 2.24) is 9.78 Å². The van der Waals surface area contributed by atoms with Crippen LogP contribution < -0.4 is 11.1 Å². The third-order valence-corrected chi connectivity index (χ3v) is 2.61. The Morgan fingerprint density at radius 3 is 2.94 bits per heavy atom. The normalized spacial score (nSPS) is 10.4. The van der Waals surface area contributed by atoms with Crippen molar-refractivity contribution in [3.8, 4) is 0 Å². The summed E-state index contributed by atoms with van der Waals surface area (Å²) in [6, 6.07) is 5.62. The average molecular weight is 237 g/mol. The molecule has 5 heteroatoms. The van der Waals surface area contributed by atoms with Crippen molar-refractivity contribution in [2.24, 2.45) is 7.05 Å². The highest BCUT2D eigenvalue weighted by molar-refractivity contribution is 6.33. The molecular formula is C11H13ClN4. The van der Waals surface area contributed by atoms with E-state index in [0.29, 0.717) is 17.3 Å². The van der Waals surface area contributed by atoms with Gasteiger partial charge in [-0.2, -0.15) is 5.10 Å². The molecule has 0 radical (unpaired) electrons. The van der Waals surface area contributed by atoms with Crippen molar-refractivity contribution in [1.29, 1.82) is 0 Å². The minimum atomic E-state index is 0.588. The van der Waals surface area contributed by atoms with E-state index in [1.165, 1.54) is 0 Å². The number of hydrogen-bond acceptors (Lipinski definition) is 3. The molecule has 16 heavy (non-hydrogen) atoms. The predicted molar refractivity (Wildman–Crippen MR) is 66.4 cm³/mol. The van der Waals surface area contributed by atoms with Crippen molar-refractivity contribution < 1.29 is 0 Å². The van der Waals surface area contributed by atoms with Gasteiger partial charge >= 0.3 is 0 Å². The summed E-state index contributed by atoms with van der Waals surface area (Å²) >= 11 is 5.84. The molecule has 0 saturated carbocycles. The van der Waals surface area contributed by atoms with Crippen LogP contribution in [0.15, 0.2) is 30.6 Å². The first kappa shape index (κ1) is 10.8. The summed E-state index contributed by atoms with van der Waals surface area (Å²) in [6.07, 6.45) is 3.69. The zero-order valence-corrected chi connectivity index (χ0v) is 9.70. The smallest absolute Gasteiger partial charge is 0.0729 e. The molecule has 0 spiro atoms. The lowest BCUT2D eigenvalue weighted by molar-refractivity contribution is 0.768. The second kappa shape index (κ2) is 4.45. The number of nitrogens with zero attached hydrogens (tertiary/aromatic N) is 2. The van der Waals surface area contributed by atoms with Crippen molar-refractivity contribution >= 4 is 23.0 Å². The number of nitrogens with one attached hydrogen (secondary N) is 1. The molecule has 0 unspecified atom stereocenters. The maximum Gasteiger partial charge on any atom is 0.0729 e. The Hall–Kier alpha value is -1.68. The van der Waals surface area contributed by atoms with Gasteiger partial charge in [0.15, 0.2) is 0 Å². The Labute approximate surface area is 99.0 Å². The third-order valence-electron chi connectivity index (χ3n) is 2.26. The average Bonchev–Trinajstić information content (AvgIpc) is 2.66. The summed E-state index contributed by atoms with van der Waals surface area (Å²) in [5.74, 6) is 0. The Morgan fingerprint density at radius 1 is 1.50 bits per heavy atom. The van der Waals surface area contributed by atoms with Crippen LogP contribution in [-0.4, -0.2) is 9.78 Å². The summed E-state index contributed by atoms with van der Waals surface area (Å²) in [4.78, 5) is 0. The molecular weight excluding hydrogens is 224 g/mol. The number of aromatic nitrogens is 2. The molecule has 2 rings (SSSR count). The van der Waals surface area contributed by atoms with E-state index in [-0.39, 0.29) is 0 Å². The van der Waals surface area contributed by atoms with Crippen LogP contribution in [0.5, 0.6) is 0 Å². The first-order chi connectivity index (χ1) is 7.65. The Bertz CT molecular complexity index is 492. The van der Waals surface area contributed by atoms with Gasteiger partial charge in [0.05, 0.1) is 22.6 Å². The monoisotopic (exact) mass is 236 g/mol. The van der Waals surface area contributed by atoms with Crippen molar-refractivity contribution in [2.75, 3.05) is 11.1 Å². The number of hydrogen-bond donors (Lipinski definition) is 2. The fraction of sp³-hybridized carbons (Fsp3) is 0.182. The molecule has 1 aromatic heterocycles. The van der Waals surface area contributed by atoms with Crippen LogP contribution in [0, 0.1) is 0 Å². The standard InChI is InChI=1S/C11H13ClN4/c1-16-7-9(6-15-16)14-5-8-2-3-10(12)11(13)4-8/h2-4,6-7,14H,5,13H2,1H3. The second-order valence-electron chi connectivity index (χ2n) is 3.61. The summed E-state index contributed by atoms with van der Waals surface area (Å²) in [7, 11) is 1.88. The van der Waals surface area contributed by atoms with Gasteiger partial charge in [-0.05, 0) is 17.7 Å². The first-order valence-corrected chi connectivity index (χ1v) is 5.29. The van der Waals surface area contributed by atoms with Crippen LogP contribution >= 0.6 is 11.6 Å². The van der Waals surface area contributed by atoms with E-state index >= 15 is 0 Å². The van der Waals surface area contributed by atoms with Gasteiger partial charge in [-0.1, -0.05) is 17.7 Å². The lowest BCUT2D eigenvalue weighted by atomic mass is 10.2. The fourth-order valence-corrected chi connectivity index (χ4v) is 1.54. The first-order valence-electron chi connectivity index (χ1n) is 4.91. The second-order valence-corrected chi connectivity index (χ2v) is 4.02. The highest BCUT2D eigenvalue weighted by atomic mass is 35.5. The van der Waals surface area contributed by atoms with Crippen LogP contribution in [0.3, 0.4) is 0 Å². The maximum atomic E-state index is 5.84. The van der Waals surface area contributed by atoms with Gasteiger partial charge in [-0.15, -0.1) is 0 Å². The molecule has 0 saturated heterocycles. The van der Waals surface area contributed by atoms with Gasteiger partial charge in [-0.25, -0.2) is 0 Å². The van der Waals surface area contributed by atoms with E-state index in [4.69, 9.17) is 17.3 Å². The van der Waals surface area contributed by atoms with Crippen LogP contribution in [-0.2, 0) is 13.6 Å². The molecule has 1 aromatic carbocycles. The number of anilines is 2. The number of rotatable bonds is 3. The van der Waals surface area contributed by atoms with Crippen molar-refractivity contribution in [3.05, 3.63) is 41.2 Å². The fourth-order valence-electron chi connectivity index (χ4n) is 1.42. The summed E-state index contributed by atoms with van der Waals surface area (Å²) in [5.41, 5.74) is 8.39. The predicted octanol–water partition coefficient (Wildman–Crippen LogP) is 2.27. The molecule has 1 heterocycles. The highest BCUT2D eigenvalue weighted by Crippen LogP contribution is 2.20. The molecule has 0 bridgehead atoms. The van der Waals surface area contributed by atoms with Crippen LogP contribution in [0.4, 0.5) is 11.4 Å². The van der Waals surface area contributed by atoms with Gasteiger partial charge in [0, 0.05) is 19.8 Å². The van der Waals surface area contributed by atoms with Gasteiger partial charge in [0.25, 0.3) is 0 Å². The van der Waals surface area contributed by atoms with E-state index in [0.717, 1.165) is 11.3 Å². The number of nitrogen functional groups attached to an aromatic ring is 1. The summed E-state index contributed by atoms with van der Waals surface area (Å²) < 4.78 is 1.75. The topological polar surface area (TPSA) is 55.9 Å². The number of aryl methyl sites for hydroxylation is 1. The zero-order chi connectivity index (χ0) is 11.5. The molecule has 3 N–H and O–H groups in total. The van der Waals surface area contributed by atoms with Crippen LogP contribution in [0.25, 0.3) is 0 Å². The lowest BCUT2D eigenvalue weighted by Gasteiger charge is -2.05. The molecule has 0 amide bonds. The molecule has 0 aliphatic carbocycles. The van der Waals surface area contributed by atoms with E-state index in [2.05, 4.69) is 10.4 Å². The minimum absolute atomic E-state index is 0.588. The van der Waals surface area contributed by atoms with Crippen LogP contribution in [0.1, 0.15) is 5.56 Å². The lowest BCUT2D eigenvalue weighted by Crippen LogP contribution is -1.99. The summed E-state index contributed by atoms with van der Waals surface area (Å²) in [6.45, 7) is 0.701. The Kier molecular flexibility index (Phi) is 3.01. The van der Waals surface area contributed by atoms with Gasteiger partial charge in [0.2, 0.25) is 0 Å². The molecule has 84 valence electrons.